The standard InChI is InChI=1S/C18H11ClF3NO3/c19-12-5-6-13-15(7-12)23(9-14(16(13)24)17(25)26)8-10-1-3-11(4-2-10)18(20,21)22/h1-7,9H,8H2,(H,25,26). The summed E-state index contributed by atoms with van der Waals surface area (Å²) in [5, 5.41) is 9.75. The fourth-order valence-electron chi connectivity index (χ4n) is 2.64. The zero-order chi connectivity index (χ0) is 19.1. The zero-order valence-electron chi connectivity index (χ0n) is 13.0. The normalized spacial score (nSPS) is 11.7. The number of nitrogens with zero attached hydrogens (tertiary/aromatic N) is 1. The molecule has 1 N–H and O–H groups in total. The number of aromatic carboxylic acids is 1. The Morgan fingerprint density at radius 1 is 1.12 bits per heavy atom. The van der Waals surface area contributed by atoms with E-state index in [-0.39, 0.29) is 11.9 Å². The molecule has 0 fully saturated rings. The first-order chi connectivity index (χ1) is 12.2. The predicted octanol–water partition coefficient (Wildman–Crippen LogP) is 4.42. The van der Waals surface area contributed by atoms with Gasteiger partial charge in [-0.25, -0.2) is 4.79 Å². The highest BCUT2D eigenvalue weighted by atomic mass is 35.5. The Morgan fingerprint density at radius 2 is 1.77 bits per heavy atom. The van der Waals surface area contributed by atoms with Gasteiger partial charge in [-0.2, -0.15) is 13.2 Å². The lowest BCUT2D eigenvalue weighted by atomic mass is 10.1. The van der Waals surface area contributed by atoms with E-state index in [9.17, 15) is 27.9 Å². The quantitative estimate of drug-likeness (QED) is 0.730. The molecule has 0 aliphatic heterocycles. The van der Waals surface area contributed by atoms with Crippen LogP contribution in [0, 0.1) is 0 Å². The van der Waals surface area contributed by atoms with Crippen LogP contribution >= 0.6 is 11.6 Å². The van der Waals surface area contributed by atoms with Gasteiger partial charge in [-0.3, -0.25) is 4.79 Å². The summed E-state index contributed by atoms with van der Waals surface area (Å²) in [5.74, 6) is -1.38. The maximum absolute atomic E-state index is 12.7. The number of pyridine rings is 1. The maximum Gasteiger partial charge on any atom is 0.416 e. The molecule has 3 rings (SSSR count). The first-order valence-corrected chi connectivity index (χ1v) is 7.77. The first-order valence-electron chi connectivity index (χ1n) is 7.39. The number of alkyl halides is 3. The molecule has 2 aromatic carbocycles. The van der Waals surface area contributed by atoms with E-state index in [1.165, 1.54) is 41.1 Å². The van der Waals surface area contributed by atoms with Crippen molar-refractivity contribution in [3.05, 3.63) is 80.6 Å². The van der Waals surface area contributed by atoms with E-state index in [4.69, 9.17) is 11.6 Å². The Bertz CT molecular complexity index is 1060. The van der Waals surface area contributed by atoms with E-state index in [1.54, 1.807) is 0 Å². The van der Waals surface area contributed by atoms with Crippen molar-refractivity contribution in [1.29, 1.82) is 0 Å². The minimum atomic E-state index is -4.44. The molecular formula is C18H11ClF3NO3. The highest BCUT2D eigenvalue weighted by Crippen LogP contribution is 2.29. The monoisotopic (exact) mass is 381 g/mol. The lowest BCUT2D eigenvalue weighted by molar-refractivity contribution is -0.137. The molecule has 0 bridgehead atoms. The molecule has 0 atom stereocenters. The van der Waals surface area contributed by atoms with Gasteiger partial charge in [0.2, 0.25) is 5.43 Å². The average molecular weight is 382 g/mol. The third-order valence-corrected chi connectivity index (χ3v) is 4.14. The molecule has 0 amide bonds. The summed E-state index contributed by atoms with van der Waals surface area (Å²) in [4.78, 5) is 23.6. The van der Waals surface area contributed by atoms with Crippen LogP contribution in [0.5, 0.6) is 0 Å². The number of hydrogen-bond acceptors (Lipinski definition) is 2. The van der Waals surface area contributed by atoms with Gasteiger partial charge in [0, 0.05) is 23.2 Å². The topological polar surface area (TPSA) is 59.3 Å². The maximum atomic E-state index is 12.7. The summed E-state index contributed by atoms with van der Waals surface area (Å²) in [7, 11) is 0. The molecule has 0 saturated carbocycles. The Kier molecular flexibility index (Phi) is 4.50. The molecule has 0 spiro atoms. The summed E-state index contributed by atoms with van der Waals surface area (Å²) in [5.41, 5.74) is -0.938. The zero-order valence-corrected chi connectivity index (χ0v) is 13.8. The van der Waals surface area contributed by atoms with Crippen LogP contribution in [-0.2, 0) is 12.7 Å². The van der Waals surface area contributed by atoms with Gasteiger partial charge in [0.25, 0.3) is 0 Å². The van der Waals surface area contributed by atoms with Crippen molar-refractivity contribution in [1.82, 2.24) is 4.57 Å². The molecule has 0 aliphatic carbocycles. The Labute approximate surface area is 150 Å². The number of rotatable bonds is 3. The third-order valence-electron chi connectivity index (χ3n) is 3.91. The summed E-state index contributed by atoms with van der Waals surface area (Å²) in [6.45, 7) is 0.0789. The number of benzene rings is 2. The van der Waals surface area contributed by atoms with Gasteiger partial charge in [0.1, 0.15) is 5.56 Å². The molecular weight excluding hydrogens is 371 g/mol. The van der Waals surface area contributed by atoms with Gasteiger partial charge >= 0.3 is 12.1 Å². The number of aromatic nitrogens is 1. The van der Waals surface area contributed by atoms with Crippen molar-refractivity contribution in [2.24, 2.45) is 0 Å². The summed E-state index contributed by atoms with van der Waals surface area (Å²) in [6, 6.07) is 8.91. The molecule has 8 heteroatoms. The summed E-state index contributed by atoms with van der Waals surface area (Å²) >= 11 is 5.96. The van der Waals surface area contributed by atoms with Crippen LogP contribution < -0.4 is 5.43 Å². The molecule has 1 heterocycles. The van der Waals surface area contributed by atoms with Crippen molar-refractivity contribution in [3.63, 3.8) is 0 Å². The first kappa shape index (κ1) is 18.0. The van der Waals surface area contributed by atoms with Crippen LogP contribution in [0.1, 0.15) is 21.5 Å². The molecule has 0 aliphatic rings. The van der Waals surface area contributed by atoms with E-state index >= 15 is 0 Å². The number of halogens is 4. The van der Waals surface area contributed by atoms with Gasteiger partial charge in [-0.15, -0.1) is 0 Å². The van der Waals surface area contributed by atoms with Crippen molar-refractivity contribution < 1.29 is 23.1 Å². The second-order valence-electron chi connectivity index (χ2n) is 5.66. The van der Waals surface area contributed by atoms with Crippen molar-refractivity contribution in [2.75, 3.05) is 0 Å². The van der Waals surface area contributed by atoms with Crippen molar-refractivity contribution in [2.45, 2.75) is 12.7 Å². The van der Waals surface area contributed by atoms with Gasteiger partial charge in [0.05, 0.1) is 11.1 Å². The summed E-state index contributed by atoms with van der Waals surface area (Å²) in [6.07, 6.45) is -3.27. The Balaban J connectivity index is 2.12. The lowest BCUT2D eigenvalue weighted by Crippen LogP contribution is -2.19. The minimum Gasteiger partial charge on any atom is -0.477 e. The van der Waals surface area contributed by atoms with Gasteiger partial charge < -0.3 is 9.67 Å². The third kappa shape index (κ3) is 3.43. The molecule has 0 radical (unpaired) electrons. The number of carboxylic acid groups (broad SMARTS) is 1. The van der Waals surface area contributed by atoms with Crippen LogP contribution in [0.4, 0.5) is 13.2 Å². The predicted molar refractivity (Wildman–Crippen MR) is 90.7 cm³/mol. The average Bonchev–Trinajstić information content (AvgIpc) is 2.56. The Hall–Kier alpha value is -2.80. The van der Waals surface area contributed by atoms with Crippen LogP contribution in [0.2, 0.25) is 5.02 Å². The van der Waals surface area contributed by atoms with Crippen LogP contribution in [-0.4, -0.2) is 15.6 Å². The molecule has 0 saturated heterocycles. The molecule has 4 nitrogen and oxygen atoms in total. The van der Waals surface area contributed by atoms with Crippen LogP contribution in [0.3, 0.4) is 0 Å². The fourth-order valence-corrected chi connectivity index (χ4v) is 2.81. The highest BCUT2D eigenvalue weighted by Gasteiger charge is 2.29. The molecule has 3 aromatic rings. The fraction of sp³-hybridized carbons (Fsp3) is 0.111. The second-order valence-corrected chi connectivity index (χ2v) is 6.10. The van der Waals surface area contributed by atoms with E-state index < -0.39 is 28.7 Å². The van der Waals surface area contributed by atoms with Crippen molar-refractivity contribution in [3.8, 4) is 0 Å². The smallest absolute Gasteiger partial charge is 0.416 e. The number of hydrogen-bond donors (Lipinski definition) is 1. The minimum absolute atomic E-state index is 0.0789. The van der Waals surface area contributed by atoms with E-state index in [0.29, 0.717) is 16.1 Å². The van der Waals surface area contributed by atoms with E-state index in [1.807, 2.05) is 0 Å². The number of carboxylic acids is 1. The van der Waals surface area contributed by atoms with Gasteiger partial charge in [-0.05, 0) is 35.9 Å². The summed E-state index contributed by atoms with van der Waals surface area (Å²) < 4.78 is 39.5. The van der Waals surface area contributed by atoms with Crippen molar-refractivity contribution >= 4 is 28.5 Å². The number of fused-ring (bicyclic) bond motifs is 1. The van der Waals surface area contributed by atoms with Crippen LogP contribution in [0.15, 0.2) is 53.5 Å². The van der Waals surface area contributed by atoms with E-state index in [2.05, 4.69) is 0 Å². The second kappa shape index (κ2) is 6.49. The van der Waals surface area contributed by atoms with Gasteiger partial charge in [0.15, 0.2) is 0 Å². The molecule has 1 aromatic heterocycles. The molecule has 134 valence electrons. The SMILES string of the molecule is O=C(O)c1cn(Cc2ccc(C(F)(F)F)cc2)c2cc(Cl)ccc2c1=O. The molecule has 26 heavy (non-hydrogen) atoms. The molecule has 0 unspecified atom stereocenters. The largest absolute Gasteiger partial charge is 0.477 e. The Morgan fingerprint density at radius 3 is 2.35 bits per heavy atom. The van der Waals surface area contributed by atoms with Crippen LogP contribution in [0.25, 0.3) is 10.9 Å². The van der Waals surface area contributed by atoms with Gasteiger partial charge in [-0.1, -0.05) is 23.7 Å². The number of carbonyl (C=O) groups is 1. The highest BCUT2D eigenvalue weighted by molar-refractivity contribution is 6.31. The van der Waals surface area contributed by atoms with E-state index in [0.717, 1.165) is 12.1 Å². The lowest BCUT2D eigenvalue weighted by Gasteiger charge is -2.14.